The monoisotopic (exact) mass is 454 g/mol. The number of fused-ring (bicyclic) bond motifs is 1. The van der Waals surface area contributed by atoms with Gasteiger partial charge in [-0.1, -0.05) is 48.0 Å². The lowest BCUT2D eigenvalue weighted by Crippen LogP contribution is -2.14. The van der Waals surface area contributed by atoms with Crippen molar-refractivity contribution in [1.82, 2.24) is 9.78 Å². The van der Waals surface area contributed by atoms with Crippen LogP contribution in [0.5, 0.6) is 0 Å². The van der Waals surface area contributed by atoms with Crippen molar-refractivity contribution in [3.63, 3.8) is 0 Å². The van der Waals surface area contributed by atoms with E-state index >= 15 is 0 Å². The highest BCUT2D eigenvalue weighted by atomic mass is 79.9. The lowest BCUT2D eigenvalue weighted by atomic mass is 10.1. The van der Waals surface area contributed by atoms with Crippen molar-refractivity contribution in [2.45, 2.75) is 0 Å². The molecule has 0 aliphatic heterocycles. The first kappa shape index (κ1) is 18.4. The Bertz CT molecular complexity index is 1210. The van der Waals surface area contributed by atoms with Gasteiger partial charge in [0.15, 0.2) is 0 Å². The van der Waals surface area contributed by atoms with Gasteiger partial charge in [0.2, 0.25) is 0 Å². The standard InChI is InChI=1S/C21H12BrClN2O3/c22-15-5-3-6-16(23)18(15)20(26)25-17-7-2-1-4-14(17)19(24-25)12-8-10-13(11-9-12)21(27)28/h1-11H,(H,27,28). The third-order valence-corrected chi connectivity index (χ3v) is 5.34. The third-order valence-electron chi connectivity index (χ3n) is 4.36. The van der Waals surface area contributed by atoms with Crippen LogP contribution in [-0.2, 0) is 0 Å². The molecule has 0 spiro atoms. The Kier molecular flexibility index (Phi) is 4.75. The molecular formula is C21H12BrClN2O3. The minimum Gasteiger partial charge on any atom is -0.478 e. The van der Waals surface area contributed by atoms with E-state index in [4.69, 9.17) is 16.7 Å². The average molecular weight is 456 g/mol. The summed E-state index contributed by atoms with van der Waals surface area (Å²) in [6.45, 7) is 0. The summed E-state index contributed by atoms with van der Waals surface area (Å²) in [6, 6.07) is 18.9. The van der Waals surface area contributed by atoms with Crippen molar-refractivity contribution in [3.05, 3.63) is 87.4 Å². The zero-order chi connectivity index (χ0) is 19.8. The van der Waals surface area contributed by atoms with Gasteiger partial charge in [-0.3, -0.25) is 4.79 Å². The van der Waals surface area contributed by atoms with E-state index < -0.39 is 5.97 Å². The van der Waals surface area contributed by atoms with Crippen LogP contribution in [0.15, 0.2) is 71.2 Å². The number of rotatable bonds is 3. The quantitative estimate of drug-likeness (QED) is 0.442. The van der Waals surface area contributed by atoms with Gasteiger partial charge in [0, 0.05) is 15.4 Å². The summed E-state index contributed by atoms with van der Waals surface area (Å²) < 4.78 is 1.90. The number of carbonyl (C=O) groups excluding carboxylic acids is 1. The van der Waals surface area contributed by atoms with Crippen molar-refractivity contribution < 1.29 is 14.7 Å². The van der Waals surface area contributed by atoms with Crippen LogP contribution in [0.1, 0.15) is 20.7 Å². The van der Waals surface area contributed by atoms with Crippen molar-refractivity contribution in [3.8, 4) is 11.3 Å². The van der Waals surface area contributed by atoms with E-state index in [1.807, 2.05) is 18.2 Å². The highest BCUT2D eigenvalue weighted by Crippen LogP contribution is 2.31. The van der Waals surface area contributed by atoms with Gasteiger partial charge >= 0.3 is 5.97 Å². The van der Waals surface area contributed by atoms with Crippen molar-refractivity contribution in [2.24, 2.45) is 0 Å². The maximum Gasteiger partial charge on any atom is 0.335 e. The molecule has 0 atom stereocenters. The van der Waals surface area contributed by atoms with E-state index in [1.165, 1.54) is 16.8 Å². The fourth-order valence-corrected chi connectivity index (χ4v) is 3.92. The summed E-state index contributed by atoms with van der Waals surface area (Å²) in [6.07, 6.45) is 0. The first-order chi connectivity index (χ1) is 13.5. The van der Waals surface area contributed by atoms with E-state index in [0.29, 0.717) is 31.8 Å². The zero-order valence-corrected chi connectivity index (χ0v) is 16.6. The van der Waals surface area contributed by atoms with E-state index in [0.717, 1.165) is 5.39 Å². The number of halogens is 2. The molecule has 1 heterocycles. The maximum atomic E-state index is 13.2. The zero-order valence-electron chi connectivity index (χ0n) is 14.3. The van der Waals surface area contributed by atoms with Gasteiger partial charge in [0.25, 0.3) is 5.91 Å². The van der Waals surface area contributed by atoms with Crippen LogP contribution in [-0.4, -0.2) is 26.8 Å². The number of benzene rings is 3. The van der Waals surface area contributed by atoms with Crippen molar-refractivity contribution >= 4 is 50.3 Å². The minimum absolute atomic E-state index is 0.184. The molecule has 0 amide bonds. The normalized spacial score (nSPS) is 10.9. The van der Waals surface area contributed by atoms with E-state index in [-0.39, 0.29) is 11.5 Å². The summed E-state index contributed by atoms with van der Waals surface area (Å²) in [5.74, 6) is -1.36. The SMILES string of the molecule is O=C(O)c1ccc(-c2nn(C(=O)c3c(Cl)cccc3Br)c3ccccc23)cc1. The first-order valence-corrected chi connectivity index (χ1v) is 9.44. The molecule has 0 saturated heterocycles. The summed E-state index contributed by atoms with van der Waals surface area (Å²) in [5.41, 5.74) is 2.44. The maximum absolute atomic E-state index is 13.2. The number of nitrogens with zero attached hydrogens (tertiary/aromatic N) is 2. The second-order valence-corrected chi connectivity index (χ2v) is 7.32. The highest BCUT2D eigenvalue weighted by molar-refractivity contribution is 9.10. The van der Waals surface area contributed by atoms with Gasteiger partial charge in [-0.25, -0.2) is 4.79 Å². The Balaban J connectivity index is 1.90. The predicted octanol–water partition coefficient (Wildman–Crippen LogP) is 5.51. The number of para-hydroxylation sites is 1. The Morgan fingerprint density at radius 2 is 1.68 bits per heavy atom. The summed E-state index contributed by atoms with van der Waals surface area (Å²) in [5, 5.41) is 14.7. The van der Waals surface area contributed by atoms with Crippen LogP contribution < -0.4 is 0 Å². The molecule has 3 aromatic carbocycles. The van der Waals surface area contributed by atoms with Crippen LogP contribution in [0.2, 0.25) is 5.02 Å². The summed E-state index contributed by atoms with van der Waals surface area (Å²) in [7, 11) is 0. The molecule has 0 aliphatic rings. The second kappa shape index (κ2) is 7.22. The number of hydrogen-bond donors (Lipinski definition) is 1. The largest absolute Gasteiger partial charge is 0.478 e. The molecule has 4 rings (SSSR count). The van der Waals surface area contributed by atoms with Gasteiger partial charge in [-0.05, 0) is 46.3 Å². The molecule has 0 aliphatic carbocycles. The van der Waals surface area contributed by atoms with Crippen LogP contribution in [0.3, 0.4) is 0 Å². The third kappa shape index (κ3) is 3.10. The number of carboxylic acid groups (broad SMARTS) is 1. The van der Waals surface area contributed by atoms with Crippen molar-refractivity contribution in [2.75, 3.05) is 0 Å². The predicted molar refractivity (Wildman–Crippen MR) is 111 cm³/mol. The number of aromatic carboxylic acids is 1. The van der Waals surface area contributed by atoms with Gasteiger partial charge in [0.1, 0.15) is 5.69 Å². The molecule has 0 fully saturated rings. The lowest BCUT2D eigenvalue weighted by molar-refractivity contribution is 0.0696. The highest BCUT2D eigenvalue weighted by Gasteiger charge is 2.21. The Morgan fingerprint density at radius 1 is 0.964 bits per heavy atom. The van der Waals surface area contributed by atoms with Crippen LogP contribution in [0.4, 0.5) is 0 Å². The minimum atomic E-state index is -0.999. The molecule has 0 radical (unpaired) electrons. The smallest absolute Gasteiger partial charge is 0.335 e. The van der Waals surface area contributed by atoms with E-state index in [1.54, 1.807) is 36.4 Å². The van der Waals surface area contributed by atoms with Gasteiger partial charge in [-0.15, -0.1) is 0 Å². The Morgan fingerprint density at radius 3 is 2.36 bits per heavy atom. The number of carboxylic acids is 1. The lowest BCUT2D eigenvalue weighted by Gasteiger charge is -2.06. The van der Waals surface area contributed by atoms with Gasteiger partial charge < -0.3 is 5.11 Å². The van der Waals surface area contributed by atoms with Crippen molar-refractivity contribution in [1.29, 1.82) is 0 Å². The summed E-state index contributed by atoms with van der Waals surface area (Å²) >= 11 is 9.63. The average Bonchev–Trinajstić information content (AvgIpc) is 3.07. The molecule has 1 N–H and O–H groups in total. The van der Waals surface area contributed by atoms with E-state index in [9.17, 15) is 9.59 Å². The van der Waals surface area contributed by atoms with E-state index in [2.05, 4.69) is 21.0 Å². The molecule has 0 saturated carbocycles. The van der Waals surface area contributed by atoms with Crippen LogP contribution in [0.25, 0.3) is 22.2 Å². The first-order valence-electron chi connectivity index (χ1n) is 8.27. The molecule has 5 nitrogen and oxygen atoms in total. The molecular weight excluding hydrogens is 444 g/mol. The van der Waals surface area contributed by atoms with Gasteiger partial charge in [0.05, 0.1) is 21.7 Å². The molecule has 0 bridgehead atoms. The number of aromatic nitrogens is 2. The Hall–Kier alpha value is -2.96. The van der Waals surface area contributed by atoms with Crippen LogP contribution in [0, 0.1) is 0 Å². The van der Waals surface area contributed by atoms with Gasteiger partial charge in [-0.2, -0.15) is 9.78 Å². The number of carbonyl (C=O) groups is 2. The molecule has 1 aromatic heterocycles. The topological polar surface area (TPSA) is 72.2 Å². The molecule has 4 aromatic rings. The molecule has 138 valence electrons. The number of hydrogen-bond acceptors (Lipinski definition) is 3. The summed E-state index contributed by atoms with van der Waals surface area (Å²) in [4.78, 5) is 24.3. The Labute approximate surface area is 173 Å². The molecule has 7 heteroatoms. The van der Waals surface area contributed by atoms with Crippen LogP contribution >= 0.6 is 27.5 Å². The fourth-order valence-electron chi connectivity index (χ4n) is 3.01. The molecule has 0 unspecified atom stereocenters. The fraction of sp³-hybridized carbons (Fsp3) is 0. The second-order valence-electron chi connectivity index (χ2n) is 6.06. The molecule has 28 heavy (non-hydrogen) atoms.